The number of hydrogen-bond donors (Lipinski definition) is 0. The van der Waals surface area contributed by atoms with Crippen LogP contribution in [0.1, 0.15) is 11.3 Å². The van der Waals surface area contributed by atoms with E-state index in [9.17, 15) is 4.39 Å². The molecule has 3 rings (SSSR count). The summed E-state index contributed by atoms with van der Waals surface area (Å²) in [6, 6.07) is 8.32. The molecule has 2 heterocycles. The minimum atomic E-state index is -0.235. The molecule has 0 fully saturated rings. The normalized spacial score (nSPS) is 10.8. The minimum absolute atomic E-state index is 0.235. The van der Waals surface area contributed by atoms with Crippen LogP contribution in [0.25, 0.3) is 11.3 Å². The monoisotopic (exact) mass is 311 g/mol. The fourth-order valence-corrected chi connectivity index (χ4v) is 2.47. The van der Waals surface area contributed by atoms with E-state index in [0.29, 0.717) is 12.5 Å². The number of aryl methyl sites for hydroxylation is 2. The highest BCUT2D eigenvalue weighted by Crippen LogP contribution is 2.21. The second-order valence-electron chi connectivity index (χ2n) is 5.53. The Morgan fingerprint density at radius 2 is 1.91 bits per heavy atom. The summed E-state index contributed by atoms with van der Waals surface area (Å²) in [5.41, 5.74) is 3.76. The molecule has 118 valence electrons. The molecule has 0 bridgehead atoms. The summed E-state index contributed by atoms with van der Waals surface area (Å²) in [7, 11) is 3.80. The van der Waals surface area contributed by atoms with E-state index in [4.69, 9.17) is 0 Å². The second kappa shape index (κ2) is 6.16. The van der Waals surface area contributed by atoms with Crippen molar-refractivity contribution in [1.29, 1.82) is 0 Å². The first-order valence-electron chi connectivity index (χ1n) is 7.32. The molecule has 2 aromatic heterocycles. The highest BCUT2D eigenvalue weighted by atomic mass is 19.1. The molecule has 1 aromatic carbocycles. The summed E-state index contributed by atoms with van der Waals surface area (Å²) >= 11 is 0. The number of rotatable bonds is 4. The van der Waals surface area contributed by atoms with Crippen LogP contribution in [0, 0.1) is 12.7 Å². The van der Waals surface area contributed by atoms with Crippen molar-refractivity contribution in [2.24, 2.45) is 7.05 Å². The number of halogens is 1. The maximum atomic E-state index is 13.0. The number of aromatic nitrogens is 4. The maximum absolute atomic E-state index is 13.0. The van der Waals surface area contributed by atoms with E-state index < -0.39 is 0 Å². The number of nitrogens with zero attached hydrogens (tertiary/aromatic N) is 5. The van der Waals surface area contributed by atoms with Gasteiger partial charge in [0.25, 0.3) is 0 Å². The van der Waals surface area contributed by atoms with Gasteiger partial charge in [0.1, 0.15) is 5.82 Å². The molecule has 5 nitrogen and oxygen atoms in total. The molecule has 0 saturated heterocycles. The highest BCUT2D eigenvalue weighted by molar-refractivity contribution is 5.61. The molecule has 6 heteroatoms. The summed E-state index contributed by atoms with van der Waals surface area (Å²) < 4.78 is 14.8. The number of hydrogen-bond acceptors (Lipinski definition) is 4. The van der Waals surface area contributed by atoms with Crippen LogP contribution in [0.3, 0.4) is 0 Å². The Morgan fingerprint density at radius 3 is 2.57 bits per heavy atom. The first kappa shape index (κ1) is 15.1. The lowest BCUT2D eigenvalue weighted by Gasteiger charge is -2.17. The predicted molar refractivity (Wildman–Crippen MR) is 87.5 cm³/mol. The van der Waals surface area contributed by atoms with Crippen LogP contribution >= 0.6 is 0 Å². The maximum Gasteiger partial charge on any atom is 0.225 e. The molecular formula is C17H18FN5. The first-order chi connectivity index (χ1) is 11.0. The van der Waals surface area contributed by atoms with Crippen LogP contribution in [0.4, 0.5) is 10.3 Å². The topological polar surface area (TPSA) is 46.8 Å². The van der Waals surface area contributed by atoms with E-state index in [-0.39, 0.29) is 5.82 Å². The van der Waals surface area contributed by atoms with Crippen molar-refractivity contribution in [1.82, 2.24) is 19.7 Å². The van der Waals surface area contributed by atoms with Gasteiger partial charge in [-0.3, -0.25) is 4.68 Å². The van der Waals surface area contributed by atoms with Gasteiger partial charge >= 0.3 is 0 Å². The van der Waals surface area contributed by atoms with E-state index in [2.05, 4.69) is 15.1 Å². The largest absolute Gasteiger partial charge is 0.340 e. The average molecular weight is 311 g/mol. The van der Waals surface area contributed by atoms with Gasteiger partial charge in [0.2, 0.25) is 5.95 Å². The Bertz CT molecular complexity index is 810. The Labute approximate surface area is 134 Å². The molecule has 0 spiro atoms. The lowest BCUT2D eigenvalue weighted by Crippen LogP contribution is -2.19. The Morgan fingerprint density at radius 1 is 1.17 bits per heavy atom. The van der Waals surface area contributed by atoms with Crippen molar-refractivity contribution < 1.29 is 4.39 Å². The van der Waals surface area contributed by atoms with E-state index in [0.717, 1.165) is 22.5 Å². The standard InChI is InChI=1S/C17H18FN5/c1-12-15(11-23(3)21-12)16-8-9-19-17(20-16)22(2)10-13-4-6-14(18)7-5-13/h4-9,11H,10H2,1-3H3. The van der Waals surface area contributed by atoms with Crippen molar-refractivity contribution in [3.05, 3.63) is 59.8 Å². The third-order valence-electron chi connectivity index (χ3n) is 3.61. The van der Waals surface area contributed by atoms with Gasteiger partial charge in [-0.15, -0.1) is 0 Å². The summed E-state index contributed by atoms with van der Waals surface area (Å²) in [5.74, 6) is 0.386. The molecule has 0 aliphatic rings. The molecule has 3 aromatic rings. The molecule has 0 atom stereocenters. The van der Waals surface area contributed by atoms with Crippen molar-refractivity contribution in [2.45, 2.75) is 13.5 Å². The SMILES string of the molecule is Cc1nn(C)cc1-c1ccnc(N(C)Cc2ccc(F)cc2)n1. The quantitative estimate of drug-likeness (QED) is 0.743. The van der Waals surface area contributed by atoms with Crippen molar-refractivity contribution in [2.75, 3.05) is 11.9 Å². The highest BCUT2D eigenvalue weighted by Gasteiger charge is 2.11. The fraction of sp³-hybridized carbons (Fsp3) is 0.235. The predicted octanol–water partition coefficient (Wildman–Crippen LogP) is 2.96. The van der Waals surface area contributed by atoms with Crippen LogP contribution in [0.2, 0.25) is 0 Å². The molecule has 0 aliphatic heterocycles. The lowest BCUT2D eigenvalue weighted by atomic mass is 10.2. The van der Waals surface area contributed by atoms with Gasteiger partial charge in [-0.25, -0.2) is 14.4 Å². The molecular weight excluding hydrogens is 293 g/mol. The second-order valence-corrected chi connectivity index (χ2v) is 5.53. The van der Waals surface area contributed by atoms with Crippen molar-refractivity contribution in [3.63, 3.8) is 0 Å². The zero-order chi connectivity index (χ0) is 16.4. The molecule has 0 amide bonds. The molecule has 0 radical (unpaired) electrons. The van der Waals surface area contributed by atoms with E-state index >= 15 is 0 Å². The first-order valence-corrected chi connectivity index (χ1v) is 7.32. The number of anilines is 1. The van der Waals surface area contributed by atoms with Gasteiger partial charge in [-0.2, -0.15) is 5.10 Å². The third kappa shape index (κ3) is 3.36. The van der Waals surface area contributed by atoms with Gasteiger partial charge in [0.15, 0.2) is 0 Å². The van der Waals surface area contributed by atoms with Crippen LogP contribution in [0.15, 0.2) is 42.7 Å². The number of benzene rings is 1. The van der Waals surface area contributed by atoms with Crippen LogP contribution in [-0.4, -0.2) is 26.8 Å². The van der Waals surface area contributed by atoms with Crippen molar-refractivity contribution >= 4 is 5.95 Å². The summed E-state index contributed by atoms with van der Waals surface area (Å²) in [4.78, 5) is 10.9. The van der Waals surface area contributed by atoms with Crippen LogP contribution < -0.4 is 4.90 Å². The zero-order valence-corrected chi connectivity index (χ0v) is 13.4. The molecule has 0 aliphatic carbocycles. The average Bonchev–Trinajstić information content (AvgIpc) is 2.88. The molecule has 0 unspecified atom stereocenters. The minimum Gasteiger partial charge on any atom is -0.340 e. The van der Waals surface area contributed by atoms with E-state index in [1.807, 2.05) is 38.2 Å². The Hall–Kier alpha value is -2.76. The fourth-order valence-electron chi connectivity index (χ4n) is 2.47. The van der Waals surface area contributed by atoms with Gasteiger partial charge in [-0.1, -0.05) is 12.1 Å². The van der Waals surface area contributed by atoms with E-state index in [1.165, 1.54) is 12.1 Å². The van der Waals surface area contributed by atoms with Gasteiger partial charge in [0, 0.05) is 38.6 Å². The Kier molecular flexibility index (Phi) is 4.06. The molecule has 0 N–H and O–H groups in total. The molecule has 23 heavy (non-hydrogen) atoms. The van der Waals surface area contributed by atoms with Crippen LogP contribution in [-0.2, 0) is 13.6 Å². The molecule has 0 saturated carbocycles. The zero-order valence-electron chi connectivity index (χ0n) is 13.4. The smallest absolute Gasteiger partial charge is 0.225 e. The van der Waals surface area contributed by atoms with Gasteiger partial charge in [-0.05, 0) is 30.7 Å². The van der Waals surface area contributed by atoms with E-state index in [1.54, 1.807) is 23.0 Å². The van der Waals surface area contributed by atoms with Crippen molar-refractivity contribution in [3.8, 4) is 11.3 Å². The lowest BCUT2D eigenvalue weighted by molar-refractivity contribution is 0.627. The summed E-state index contributed by atoms with van der Waals surface area (Å²) in [5, 5.41) is 4.35. The summed E-state index contributed by atoms with van der Waals surface area (Å²) in [6.45, 7) is 2.56. The van der Waals surface area contributed by atoms with Crippen LogP contribution in [0.5, 0.6) is 0 Å². The summed E-state index contributed by atoms with van der Waals surface area (Å²) in [6.07, 6.45) is 3.69. The van der Waals surface area contributed by atoms with Gasteiger partial charge < -0.3 is 4.90 Å². The van der Waals surface area contributed by atoms with Gasteiger partial charge in [0.05, 0.1) is 11.4 Å². The third-order valence-corrected chi connectivity index (χ3v) is 3.61. The Balaban J connectivity index is 1.84.